The van der Waals surface area contributed by atoms with E-state index in [0.29, 0.717) is 19.0 Å². The lowest BCUT2D eigenvalue weighted by atomic mass is 10.3. The molecule has 10 nitrogen and oxygen atoms in total. The van der Waals surface area contributed by atoms with Crippen LogP contribution in [0.5, 0.6) is 11.9 Å². The summed E-state index contributed by atoms with van der Waals surface area (Å²) in [6, 6.07) is 3.93. The van der Waals surface area contributed by atoms with Gasteiger partial charge >= 0.3 is 11.8 Å². The maximum atomic E-state index is 10.8. The highest BCUT2D eigenvalue weighted by atomic mass is 32.1. The maximum Gasteiger partial charge on any atom is 0.414 e. The standard InChI is InChI=1S/C16H15N5O5S/c1-24-14-3-2-10(4-17-14)15-18-11(9-27-15)7-25-12-5-20-6-13(21(22)23)19-16(20)26-8-12/h2-4,6,9,12H,5,7-8H2,1H3/t12-/m0/s1. The first-order valence-electron chi connectivity index (χ1n) is 8.03. The number of rotatable bonds is 6. The molecule has 0 amide bonds. The van der Waals surface area contributed by atoms with Crippen LogP contribution >= 0.6 is 11.3 Å². The van der Waals surface area contributed by atoms with Crippen LogP contribution in [0, 0.1) is 10.1 Å². The first kappa shape index (κ1) is 17.4. The zero-order valence-corrected chi connectivity index (χ0v) is 15.1. The molecule has 0 aromatic carbocycles. The molecular formula is C16H15N5O5S. The summed E-state index contributed by atoms with van der Waals surface area (Å²) in [4.78, 5) is 22.8. The van der Waals surface area contributed by atoms with E-state index in [4.69, 9.17) is 14.2 Å². The first-order valence-corrected chi connectivity index (χ1v) is 8.91. The van der Waals surface area contributed by atoms with E-state index in [1.807, 2.05) is 11.4 Å². The molecule has 140 valence electrons. The number of imidazole rings is 1. The molecule has 0 unspecified atom stereocenters. The SMILES string of the molecule is COc1ccc(-c2nc(CO[C@@H]3COc4nc([N+](=O)[O-])cn4C3)cs2)cn1. The summed E-state index contributed by atoms with van der Waals surface area (Å²) in [6.07, 6.45) is 2.83. The minimum absolute atomic E-state index is 0.233. The molecule has 4 heterocycles. The lowest BCUT2D eigenvalue weighted by Crippen LogP contribution is -2.32. The Bertz CT molecular complexity index is 955. The van der Waals surface area contributed by atoms with Crippen LogP contribution in [0.15, 0.2) is 29.9 Å². The fraction of sp³-hybridized carbons (Fsp3) is 0.312. The van der Waals surface area contributed by atoms with Gasteiger partial charge in [-0.25, -0.2) is 9.97 Å². The molecule has 0 aliphatic carbocycles. The van der Waals surface area contributed by atoms with Gasteiger partial charge in [0.05, 0.1) is 26.0 Å². The third-order valence-electron chi connectivity index (χ3n) is 3.92. The second kappa shape index (κ2) is 7.29. The summed E-state index contributed by atoms with van der Waals surface area (Å²) in [5.74, 6) is 0.318. The number of ether oxygens (including phenoxy) is 3. The van der Waals surface area contributed by atoms with Crippen molar-refractivity contribution in [3.63, 3.8) is 0 Å². The van der Waals surface area contributed by atoms with Crippen LogP contribution in [-0.4, -0.2) is 44.3 Å². The highest BCUT2D eigenvalue weighted by Gasteiger charge is 2.28. The molecule has 0 saturated heterocycles. The summed E-state index contributed by atoms with van der Waals surface area (Å²) in [5, 5.41) is 13.6. The van der Waals surface area contributed by atoms with Crippen molar-refractivity contribution >= 4 is 17.2 Å². The van der Waals surface area contributed by atoms with E-state index in [0.717, 1.165) is 16.3 Å². The van der Waals surface area contributed by atoms with Crippen molar-refractivity contribution in [2.24, 2.45) is 0 Å². The molecule has 3 aromatic heterocycles. The van der Waals surface area contributed by atoms with E-state index in [1.54, 1.807) is 23.9 Å². The number of hydrogen-bond donors (Lipinski definition) is 0. The van der Waals surface area contributed by atoms with Crippen molar-refractivity contribution in [1.29, 1.82) is 0 Å². The van der Waals surface area contributed by atoms with Crippen molar-refractivity contribution in [3.8, 4) is 22.5 Å². The van der Waals surface area contributed by atoms with E-state index in [9.17, 15) is 10.1 Å². The number of thiazole rings is 1. The molecule has 0 fully saturated rings. The molecule has 4 rings (SSSR count). The van der Waals surface area contributed by atoms with Crippen molar-refractivity contribution in [3.05, 3.63) is 45.7 Å². The van der Waals surface area contributed by atoms with Crippen molar-refractivity contribution < 1.29 is 19.1 Å². The Hall–Kier alpha value is -3.05. The smallest absolute Gasteiger partial charge is 0.414 e. The average molecular weight is 389 g/mol. The van der Waals surface area contributed by atoms with Gasteiger partial charge in [0.1, 0.15) is 23.9 Å². The molecular weight excluding hydrogens is 374 g/mol. The largest absolute Gasteiger partial charge is 0.481 e. The van der Waals surface area contributed by atoms with Crippen LogP contribution < -0.4 is 9.47 Å². The zero-order chi connectivity index (χ0) is 18.8. The van der Waals surface area contributed by atoms with Gasteiger partial charge in [0, 0.05) is 28.2 Å². The lowest BCUT2D eigenvalue weighted by molar-refractivity contribution is -0.389. The Labute approximate surface area is 157 Å². The van der Waals surface area contributed by atoms with Crippen LogP contribution in [-0.2, 0) is 17.9 Å². The number of nitro groups is 1. The Morgan fingerprint density at radius 2 is 2.33 bits per heavy atom. The molecule has 1 aliphatic heterocycles. The van der Waals surface area contributed by atoms with Crippen molar-refractivity contribution in [2.45, 2.75) is 19.3 Å². The second-order valence-electron chi connectivity index (χ2n) is 5.77. The molecule has 1 aliphatic rings. The Balaban J connectivity index is 1.36. The van der Waals surface area contributed by atoms with Crippen molar-refractivity contribution in [1.82, 2.24) is 19.5 Å². The number of pyridine rings is 1. The van der Waals surface area contributed by atoms with Gasteiger partial charge < -0.3 is 24.3 Å². The Kier molecular flexibility index (Phi) is 4.69. The normalized spacial score (nSPS) is 15.8. The van der Waals surface area contributed by atoms with Crippen LogP contribution in [0.3, 0.4) is 0 Å². The van der Waals surface area contributed by atoms with E-state index >= 15 is 0 Å². The van der Waals surface area contributed by atoms with Gasteiger partial charge in [0.15, 0.2) is 0 Å². The van der Waals surface area contributed by atoms with E-state index in [1.165, 1.54) is 17.5 Å². The molecule has 11 heteroatoms. The number of hydrogen-bond acceptors (Lipinski definition) is 9. The van der Waals surface area contributed by atoms with Crippen molar-refractivity contribution in [2.75, 3.05) is 13.7 Å². The van der Waals surface area contributed by atoms with Gasteiger partial charge in [-0.05, 0) is 11.0 Å². The summed E-state index contributed by atoms with van der Waals surface area (Å²) in [7, 11) is 1.57. The Morgan fingerprint density at radius 3 is 3.07 bits per heavy atom. The average Bonchev–Trinajstić information content (AvgIpc) is 3.33. The van der Waals surface area contributed by atoms with Gasteiger partial charge in [-0.2, -0.15) is 0 Å². The quantitative estimate of drug-likeness (QED) is 0.466. The first-order chi connectivity index (χ1) is 13.1. The fourth-order valence-electron chi connectivity index (χ4n) is 2.60. The van der Waals surface area contributed by atoms with Crippen LogP contribution in [0.1, 0.15) is 5.69 Å². The maximum absolute atomic E-state index is 10.8. The summed E-state index contributed by atoms with van der Waals surface area (Å²) in [5.41, 5.74) is 1.71. The number of nitrogens with zero attached hydrogens (tertiary/aromatic N) is 5. The summed E-state index contributed by atoms with van der Waals surface area (Å²) in [6.45, 7) is 1.05. The van der Waals surface area contributed by atoms with E-state index in [2.05, 4.69) is 15.0 Å². The number of fused-ring (bicyclic) bond motifs is 1. The zero-order valence-electron chi connectivity index (χ0n) is 14.3. The summed E-state index contributed by atoms with van der Waals surface area (Å²) < 4.78 is 17.9. The lowest BCUT2D eigenvalue weighted by Gasteiger charge is -2.21. The number of aromatic nitrogens is 4. The number of methoxy groups -OCH3 is 1. The van der Waals surface area contributed by atoms with E-state index < -0.39 is 4.92 Å². The highest BCUT2D eigenvalue weighted by Crippen LogP contribution is 2.26. The van der Waals surface area contributed by atoms with Crippen LogP contribution in [0.25, 0.3) is 10.6 Å². The molecule has 0 bridgehead atoms. The topological polar surface area (TPSA) is 114 Å². The fourth-order valence-corrected chi connectivity index (χ4v) is 3.39. The van der Waals surface area contributed by atoms with Gasteiger partial charge in [0.2, 0.25) is 5.88 Å². The molecule has 27 heavy (non-hydrogen) atoms. The summed E-state index contributed by atoms with van der Waals surface area (Å²) >= 11 is 1.50. The minimum atomic E-state index is -0.546. The minimum Gasteiger partial charge on any atom is -0.481 e. The van der Waals surface area contributed by atoms with Crippen LogP contribution in [0.4, 0.5) is 5.82 Å². The highest BCUT2D eigenvalue weighted by molar-refractivity contribution is 7.13. The third kappa shape index (κ3) is 3.73. The van der Waals surface area contributed by atoms with E-state index in [-0.39, 0.29) is 24.5 Å². The predicted octanol–water partition coefficient (Wildman–Crippen LogP) is 2.30. The monoisotopic (exact) mass is 389 g/mol. The molecule has 0 N–H and O–H groups in total. The molecule has 0 spiro atoms. The van der Waals surface area contributed by atoms with Gasteiger partial charge in [-0.15, -0.1) is 11.3 Å². The second-order valence-corrected chi connectivity index (χ2v) is 6.63. The van der Waals surface area contributed by atoms with Gasteiger partial charge in [0.25, 0.3) is 0 Å². The third-order valence-corrected chi connectivity index (χ3v) is 4.86. The molecule has 0 saturated carbocycles. The Morgan fingerprint density at radius 1 is 1.44 bits per heavy atom. The van der Waals surface area contributed by atoms with Gasteiger partial charge in [-0.1, -0.05) is 0 Å². The molecule has 3 aromatic rings. The molecule has 1 atom stereocenters. The predicted molar refractivity (Wildman–Crippen MR) is 94.9 cm³/mol. The van der Waals surface area contributed by atoms with Gasteiger partial charge in [-0.3, -0.25) is 4.57 Å². The van der Waals surface area contributed by atoms with Crippen LogP contribution in [0.2, 0.25) is 0 Å². The molecule has 0 radical (unpaired) electrons.